The second-order valence-electron chi connectivity index (χ2n) is 2.45. The molecule has 0 aliphatic rings. The van der Waals surface area contributed by atoms with Crippen molar-refractivity contribution in [1.82, 2.24) is 0 Å². The van der Waals surface area contributed by atoms with E-state index in [1.165, 1.54) is 6.07 Å². The first-order chi connectivity index (χ1) is 6.15. The topological polar surface area (TPSA) is 52.3 Å². The molecule has 0 saturated carbocycles. The number of hydrogen-bond donors (Lipinski definition) is 1. The Morgan fingerprint density at radius 2 is 2.21 bits per heavy atom. The van der Waals surface area contributed by atoms with Gasteiger partial charge in [-0.05, 0) is 25.1 Å². The number of hydrogen-bond acceptors (Lipinski definition) is 3. The Hall–Kier alpha value is -0.930. The number of halogens is 2. The first-order valence-electron chi connectivity index (χ1n) is 3.87. The van der Waals surface area contributed by atoms with Gasteiger partial charge in [-0.25, -0.2) is 4.79 Å². The monoisotopic (exact) mass is 235 g/mol. The Morgan fingerprint density at radius 1 is 1.57 bits per heavy atom. The lowest BCUT2D eigenvalue weighted by atomic mass is 10.2. The molecule has 3 nitrogen and oxygen atoms in total. The van der Waals surface area contributed by atoms with Crippen LogP contribution in [-0.4, -0.2) is 12.6 Å². The van der Waals surface area contributed by atoms with Crippen molar-refractivity contribution in [1.29, 1.82) is 0 Å². The van der Waals surface area contributed by atoms with Gasteiger partial charge in [-0.2, -0.15) is 0 Å². The molecular formula is C9H11Cl2NO2. The predicted octanol–water partition coefficient (Wildman–Crippen LogP) is 2.52. The fraction of sp³-hybridized carbons (Fsp3) is 0.222. The number of benzene rings is 1. The summed E-state index contributed by atoms with van der Waals surface area (Å²) in [7, 11) is 0. The second-order valence-corrected chi connectivity index (χ2v) is 2.89. The van der Waals surface area contributed by atoms with E-state index in [9.17, 15) is 4.79 Å². The average Bonchev–Trinajstić information content (AvgIpc) is 2.04. The van der Waals surface area contributed by atoms with Gasteiger partial charge >= 0.3 is 5.97 Å². The van der Waals surface area contributed by atoms with Crippen molar-refractivity contribution in [3.8, 4) is 0 Å². The lowest BCUT2D eigenvalue weighted by Gasteiger charge is -2.04. The number of ether oxygens (including phenoxy) is 1. The predicted molar refractivity (Wildman–Crippen MR) is 59.1 cm³/mol. The van der Waals surface area contributed by atoms with E-state index in [0.29, 0.717) is 22.9 Å². The standard InChI is InChI=1S/C9H10ClNO2.ClH/c1-2-13-9(12)7-4-3-6(10)5-8(7)11;/h3-5H,2,11H2,1H3;1H. The average molecular weight is 236 g/mol. The van der Waals surface area contributed by atoms with Crippen molar-refractivity contribution in [2.45, 2.75) is 6.92 Å². The highest BCUT2D eigenvalue weighted by molar-refractivity contribution is 6.31. The molecule has 0 amide bonds. The van der Waals surface area contributed by atoms with Crippen LogP contribution in [0.2, 0.25) is 5.02 Å². The molecule has 0 fully saturated rings. The van der Waals surface area contributed by atoms with Gasteiger partial charge in [-0.1, -0.05) is 11.6 Å². The van der Waals surface area contributed by atoms with E-state index >= 15 is 0 Å². The Bertz CT molecular complexity index is 329. The summed E-state index contributed by atoms with van der Waals surface area (Å²) in [5, 5.41) is 0.505. The van der Waals surface area contributed by atoms with Gasteiger partial charge in [0.05, 0.1) is 12.2 Å². The molecule has 0 heterocycles. The van der Waals surface area contributed by atoms with Crippen LogP contribution in [0.5, 0.6) is 0 Å². The van der Waals surface area contributed by atoms with E-state index in [1.54, 1.807) is 19.1 Å². The number of esters is 1. The van der Waals surface area contributed by atoms with Crippen LogP contribution >= 0.6 is 24.0 Å². The minimum atomic E-state index is -0.420. The van der Waals surface area contributed by atoms with Gasteiger partial charge in [0, 0.05) is 10.7 Å². The van der Waals surface area contributed by atoms with Gasteiger partial charge in [0.2, 0.25) is 0 Å². The molecule has 0 aliphatic heterocycles. The van der Waals surface area contributed by atoms with Crippen molar-refractivity contribution in [2.75, 3.05) is 12.3 Å². The highest BCUT2D eigenvalue weighted by Crippen LogP contribution is 2.18. The first-order valence-corrected chi connectivity index (χ1v) is 4.25. The number of carbonyl (C=O) groups is 1. The third-order valence-corrected chi connectivity index (χ3v) is 1.74. The van der Waals surface area contributed by atoms with Gasteiger partial charge in [0.25, 0.3) is 0 Å². The van der Waals surface area contributed by atoms with Gasteiger partial charge in [0.15, 0.2) is 0 Å². The molecule has 0 unspecified atom stereocenters. The lowest BCUT2D eigenvalue weighted by Crippen LogP contribution is -2.07. The lowest BCUT2D eigenvalue weighted by molar-refractivity contribution is 0.0527. The summed E-state index contributed by atoms with van der Waals surface area (Å²) in [6.07, 6.45) is 0. The first kappa shape index (κ1) is 13.1. The van der Waals surface area contributed by atoms with Gasteiger partial charge in [-0.15, -0.1) is 12.4 Å². The van der Waals surface area contributed by atoms with Crippen LogP contribution in [0, 0.1) is 0 Å². The van der Waals surface area contributed by atoms with E-state index in [0.717, 1.165) is 0 Å². The quantitative estimate of drug-likeness (QED) is 0.634. The van der Waals surface area contributed by atoms with Crippen LogP contribution < -0.4 is 5.73 Å². The van der Waals surface area contributed by atoms with Gasteiger partial charge < -0.3 is 10.5 Å². The maximum absolute atomic E-state index is 11.2. The Morgan fingerprint density at radius 3 is 2.71 bits per heavy atom. The summed E-state index contributed by atoms with van der Waals surface area (Å²) in [6, 6.07) is 4.67. The smallest absolute Gasteiger partial charge is 0.340 e. The van der Waals surface area contributed by atoms with Crippen LogP contribution in [0.4, 0.5) is 5.69 Å². The number of carbonyl (C=O) groups excluding carboxylic acids is 1. The fourth-order valence-electron chi connectivity index (χ4n) is 0.928. The molecule has 1 rings (SSSR count). The molecule has 0 radical (unpaired) electrons. The summed E-state index contributed by atoms with van der Waals surface area (Å²) >= 11 is 5.67. The zero-order valence-corrected chi connectivity index (χ0v) is 9.19. The summed E-state index contributed by atoms with van der Waals surface area (Å²) < 4.78 is 4.79. The van der Waals surface area contributed by atoms with E-state index in [2.05, 4.69) is 0 Å². The molecule has 0 aromatic heterocycles. The molecule has 0 aliphatic carbocycles. The molecule has 1 aromatic rings. The van der Waals surface area contributed by atoms with E-state index in [1.807, 2.05) is 0 Å². The van der Waals surface area contributed by atoms with Gasteiger partial charge in [0.1, 0.15) is 0 Å². The molecule has 0 spiro atoms. The van der Waals surface area contributed by atoms with E-state index < -0.39 is 5.97 Å². The zero-order chi connectivity index (χ0) is 9.84. The molecular weight excluding hydrogens is 225 g/mol. The molecule has 1 aromatic carbocycles. The third-order valence-electron chi connectivity index (χ3n) is 1.51. The summed E-state index contributed by atoms with van der Waals surface area (Å²) in [4.78, 5) is 11.2. The highest BCUT2D eigenvalue weighted by atomic mass is 35.5. The van der Waals surface area contributed by atoms with Crippen molar-refractivity contribution < 1.29 is 9.53 Å². The van der Waals surface area contributed by atoms with Crippen molar-refractivity contribution in [3.05, 3.63) is 28.8 Å². The molecule has 0 saturated heterocycles. The zero-order valence-electron chi connectivity index (χ0n) is 7.62. The second kappa shape index (κ2) is 5.73. The minimum Gasteiger partial charge on any atom is -0.462 e. The van der Waals surface area contributed by atoms with Crippen molar-refractivity contribution in [3.63, 3.8) is 0 Å². The molecule has 0 bridgehead atoms. The number of nitrogen functional groups attached to an aromatic ring is 1. The summed E-state index contributed by atoms with van der Waals surface area (Å²) in [5.74, 6) is -0.420. The van der Waals surface area contributed by atoms with Crippen LogP contribution in [0.3, 0.4) is 0 Å². The van der Waals surface area contributed by atoms with E-state index in [-0.39, 0.29) is 12.4 Å². The highest BCUT2D eigenvalue weighted by Gasteiger charge is 2.09. The largest absolute Gasteiger partial charge is 0.462 e. The molecule has 78 valence electrons. The van der Waals surface area contributed by atoms with Crippen LogP contribution in [0.15, 0.2) is 18.2 Å². The van der Waals surface area contributed by atoms with Crippen molar-refractivity contribution in [2.24, 2.45) is 0 Å². The maximum atomic E-state index is 11.2. The van der Waals surface area contributed by atoms with Gasteiger partial charge in [-0.3, -0.25) is 0 Å². The van der Waals surface area contributed by atoms with Crippen LogP contribution in [-0.2, 0) is 4.74 Å². The van der Waals surface area contributed by atoms with Crippen molar-refractivity contribution >= 4 is 35.7 Å². The fourth-order valence-corrected chi connectivity index (χ4v) is 1.11. The SMILES string of the molecule is CCOC(=O)c1ccc(Cl)cc1N.Cl. The number of rotatable bonds is 2. The minimum absolute atomic E-state index is 0. The molecule has 14 heavy (non-hydrogen) atoms. The third kappa shape index (κ3) is 3.09. The molecule has 5 heteroatoms. The Balaban J connectivity index is 0.00000169. The number of anilines is 1. The number of nitrogens with two attached hydrogens (primary N) is 1. The Labute approximate surface area is 93.6 Å². The normalized spacial score (nSPS) is 9.00. The molecule has 0 atom stereocenters. The Kier molecular flexibility index (Phi) is 5.35. The summed E-state index contributed by atoms with van der Waals surface area (Å²) in [5.41, 5.74) is 6.26. The summed E-state index contributed by atoms with van der Waals surface area (Å²) in [6.45, 7) is 2.07. The molecule has 2 N–H and O–H groups in total. The van der Waals surface area contributed by atoms with Crippen LogP contribution in [0.25, 0.3) is 0 Å². The van der Waals surface area contributed by atoms with Crippen LogP contribution in [0.1, 0.15) is 17.3 Å². The van der Waals surface area contributed by atoms with E-state index in [4.69, 9.17) is 22.1 Å². The maximum Gasteiger partial charge on any atom is 0.340 e.